The maximum absolute atomic E-state index is 12.2. The zero-order valence-corrected chi connectivity index (χ0v) is 7.11. The van der Waals surface area contributed by atoms with E-state index in [1.165, 1.54) is 0 Å². The van der Waals surface area contributed by atoms with Crippen LogP contribution in [-0.2, 0) is 4.74 Å². The zero-order chi connectivity index (χ0) is 10.9. The predicted molar refractivity (Wildman–Crippen MR) is 38.4 cm³/mol. The van der Waals surface area contributed by atoms with Crippen molar-refractivity contribution in [3.05, 3.63) is 0 Å². The molecule has 3 N–H and O–H groups in total. The SMILES string of the molecule is OC[C@H]1OC[C@@H](C(F)(F)F)[C@@H](O)[C@H]1O. The molecule has 7 heteroatoms. The summed E-state index contributed by atoms with van der Waals surface area (Å²) in [6.45, 7) is -1.37. The van der Waals surface area contributed by atoms with E-state index in [-0.39, 0.29) is 0 Å². The highest BCUT2D eigenvalue weighted by Crippen LogP contribution is 2.34. The molecular formula is C7H11F3O4. The van der Waals surface area contributed by atoms with Crippen LogP contribution in [0.15, 0.2) is 0 Å². The van der Waals surface area contributed by atoms with Crippen LogP contribution in [-0.4, -0.2) is 53.0 Å². The summed E-state index contributed by atoms with van der Waals surface area (Å²) in [5, 5.41) is 26.8. The molecule has 0 spiro atoms. The van der Waals surface area contributed by atoms with Crippen LogP contribution in [0.1, 0.15) is 0 Å². The number of alkyl halides is 3. The molecule has 0 amide bonds. The number of ether oxygens (including phenoxy) is 1. The second kappa shape index (κ2) is 4.01. The number of aliphatic hydroxyl groups excluding tert-OH is 3. The Balaban J connectivity index is 2.69. The van der Waals surface area contributed by atoms with Crippen LogP contribution >= 0.6 is 0 Å². The van der Waals surface area contributed by atoms with Crippen LogP contribution < -0.4 is 0 Å². The molecule has 14 heavy (non-hydrogen) atoms. The average Bonchev–Trinajstić information content (AvgIpc) is 2.07. The van der Waals surface area contributed by atoms with Gasteiger partial charge < -0.3 is 20.1 Å². The van der Waals surface area contributed by atoms with Crippen molar-refractivity contribution in [1.82, 2.24) is 0 Å². The summed E-state index contributed by atoms with van der Waals surface area (Å²) in [5.41, 5.74) is 0. The van der Waals surface area contributed by atoms with E-state index in [4.69, 9.17) is 15.3 Å². The van der Waals surface area contributed by atoms with Crippen LogP contribution in [0.3, 0.4) is 0 Å². The molecule has 1 heterocycles. The van der Waals surface area contributed by atoms with Crippen LogP contribution in [0.4, 0.5) is 13.2 Å². The standard InChI is InChI=1S/C7H11F3O4/c8-7(9,10)3-2-14-4(1-11)6(13)5(3)12/h3-6,11-13H,1-2H2/t3-,4-,5-,6+/m1/s1. The lowest BCUT2D eigenvalue weighted by Crippen LogP contribution is -2.55. The van der Waals surface area contributed by atoms with Gasteiger partial charge in [-0.2, -0.15) is 13.2 Å². The zero-order valence-electron chi connectivity index (χ0n) is 7.11. The fourth-order valence-electron chi connectivity index (χ4n) is 1.33. The van der Waals surface area contributed by atoms with Gasteiger partial charge in [0.1, 0.15) is 18.1 Å². The smallest absolute Gasteiger partial charge is 0.394 e. The molecule has 1 fully saturated rings. The summed E-state index contributed by atoms with van der Waals surface area (Å²) in [7, 11) is 0. The summed E-state index contributed by atoms with van der Waals surface area (Å²) in [5.74, 6) is -2.10. The van der Waals surface area contributed by atoms with Crippen molar-refractivity contribution in [3.8, 4) is 0 Å². The number of hydrogen-bond acceptors (Lipinski definition) is 4. The maximum atomic E-state index is 12.2. The lowest BCUT2D eigenvalue weighted by molar-refractivity contribution is -0.267. The topological polar surface area (TPSA) is 69.9 Å². The first-order chi connectivity index (χ1) is 6.38. The molecule has 0 aromatic heterocycles. The van der Waals surface area contributed by atoms with Crippen molar-refractivity contribution < 1.29 is 33.2 Å². The molecule has 4 nitrogen and oxygen atoms in total. The molecule has 0 unspecified atom stereocenters. The van der Waals surface area contributed by atoms with Gasteiger partial charge in [0.05, 0.1) is 19.3 Å². The van der Waals surface area contributed by atoms with Crippen LogP contribution in [0.5, 0.6) is 0 Å². The van der Waals surface area contributed by atoms with Gasteiger partial charge in [-0.15, -0.1) is 0 Å². The van der Waals surface area contributed by atoms with Gasteiger partial charge in [-0.1, -0.05) is 0 Å². The lowest BCUT2D eigenvalue weighted by Gasteiger charge is -2.37. The highest BCUT2D eigenvalue weighted by molar-refractivity contribution is 4.89. The Kier molecular flexibility index (Phi) is 3.36. The Labute approximate surface area is 77.9 Å². The van der Waals surface area contributed by atoms with Gasteiger partial charge in [-0.25, -0.2) is 0 Å². The third kappa shape index (κ3) is 2.17. The first-order valence-electron chi connectivity index (χ1n) is 4.03. The third-order valence-electron chi connectivity index (χ3n) is 2.23. The molecule has 0 radical (unpaired) electrons. The second-order valence-corrected chi connectivity index (χ2v) is 3.18. The number of halogens is 3. The van der Waals surface area contributed by atoms with Gasteiger partial charge in [0, 0.05) is 0 Å². The van der Waals surface area contributed by atoms with E-state index >= 15 is 0 Å². The van der Waals surface area contributed by atoms with Gasteiger partial charge in [0.25, 0.3) is 0 Å². The molecule has 4 atom stereocenters. The number of rotatable bonds is 1. The largest absolute Gasteiger partial charge is 0.396 e. The van der Waals surface area contributed by atoms with Crippen molar-refractivity contribution >= 4 is 0 Å². The molecule has 1 saturated heterocycles. The van der Waals surface area contributed by atoms with Crippen LogP contribution in [0, 0.1) is 5.92 Å². The molecule has 0 aromatic rings. The first-order valence-corrected chi connectivity index (χ1v) is 4.03. The monoisotopic (exact) mass is 216 g/mol. The Morgan fingerprint density at radius 2 is 1.79 bits per heavy atom. The van der Waals surface area contributed by atoms with Gasteiger partial charge in [0.2, 0.25) is 0 Å². The molecule has 1 rings (SSSR count). The molecule has 0 aromatic carbocycles. The molecule has 0 bridgehead atoms. The second-order valence-electron chi connectivity index (χ2n) is 3.18. The van der Waals surface area contributed by atoms with Crippen molar-refractivity contribution in [2.45, 2.75) is 24.5 Å². The lowest BCUT2D eigenvalue weighted by atomic mass is 9.92. The number of hydrogen-bond donors (Lipinski definition) is 3. The van der Waals surface area contributed by atoms with E-state index in [0.29, 0.717) is 0 Å². The van der Waals surface area contributed by atoms with Gasteiger partial charge in [-0.3, -0.25) is 0 Å². The third-order valence-corrected chi connectivity index (χ3v) is 2.23. The Hall–Kier alpha value is -0.370. The fraction of sp³-hybridized carbons (Fsp3) is 1.00. The minimum atomic E-state index is -4.61. The van der Waals surface area contributed by atoms with Gasteiger partial charge >= 0.3 is 6.18 Å². The van der Waals surface area contributed by atoms with Gasteiger partial charge in [-0.05, 0) is 0 Å². The van der Waals surface area contributed by atoms with E-state index in [1.54, 1.807) is 0 Å². The fourth-order valence-corrected chi connectivity index (χ4v) is 1.33. The van der Waals surface area contributed by atoms with Crippen molar-refractivity contribution in [1.29, 1.82) is 0 Å². The normalized spacial score (nSPS) is 39.9. The maximum Gasteiger partial charge on any atom is 0.396 e. The summed E-state index contributed by atoms with van der Waals surface area (Å²) in [6, 6.07) is 0. The molecule has 1 aliphatic rings. The molecule has 0 aliphatic carbocycles. The van der Waals surface area contributed by atoms with Crippen LogP contribution in [0.25, 0.3) is 0 Å². The van der Waals surface area contributed by atoms with E-state index in [1.807, 2.05) is 0 Å². The molecule has 0 saturated carbocycles. The van der Waals surface area contributed by atoms with Crippen molar-refractivity contribution in [2.75, 3.05) is 13.2 Å². The quantitative estimate of drug-likeness (QED) is 0.541. The molecular weight excluding hydrogens is 205 g/mol. The summed E-state index contributed by atoms with van der Waals surface area (Å²) >= 11 is 0. The Bertz CT molecular complexity index is 196. The highest BCUT2D eigenvalue weighted by atomic mass is 19.4. The van der Waals surface area contributed by atoms with Crippen molar-refractivity contribution in [3.63, 3.8) is 0 Å². The summed E-state index contributed by atoms with van der Waals surface area (Å²) in [4.78, 5) is 0. The minimum absolute atomic E-state index is 0.622. The Morgan fingerprint density at radius 1 is 1.21 bits per heavy atom. The molecule has 1 aliphatic heterocycles. The minimum Gasteiger partial charge on any atom is -0.394 e. The predicted octanol–water partition coefficient (Wildman–Crippen LogP) is -0.722. The van der Waals surface area contributed by atoms with Crippen LogP contribution in [0.2, 0.25) is 0 Å². The van der Waals surface area contributed by atoms with E-state index < -0.39 is 43.6 Å². The van der Waals surface area contributed by atoms with E-state index in [0.717, 1.165) is 0 Å². The number of aliphatic hydroxyl groups is 3. The Morgan fingerprint density at radius 3 is 2.21 bits per heavy atom. The summed E-state index contributed by atoms with van der Waals surface area (Å²) < 4.78 is 41.1. The highest BCUT2D eigenvalue weighted by Gasteiger charge is 2.51. The molecule has 84 valence electrons. The van der Waals surface area contributed by atoms with Crippen molar-refractivity contribution in [2.24, 2.45) is 5.92 Å². The van der Waals surface area contributed by atoms with Gasteiger partial charge in [0.15, 0.2) is 0 Å². The summed E-state index contributed by atoms with van der Waals surface area (Å²) in [6.07, 6.45) is -9.41. The van der Waals surface area contributed by atoms with E-state index in [2.05, 4.69) is 4.74 Å². The first kappa shape index (κ1) is 11.7. The van der Waals surface area contributed by atoms with E-state index in [9.17, 15) is 13.2 Å². The average molecular weight is 216 g/mol.